The van der Waals surface area contributed by atoms with Gasteiger partial charge in [-0.05, 0) is 33.1 Å². The summed E-state index contributed by atoms with van der Waals surface area (Å²) in [4.78, 5) is 38.5. The Morgan fingerprint density at radius 2 is 1.30 bits per heavy atom. The molecule has 0 aliphatic rings. The summed E-state index contributed by atoms with van der Waals surface area (Å²) in [6.07, 6.45) is 0.354. The number of nitrogens with one attached hydrogen (secondary N) is 3. The first-order valence-electron chi connectivity index (χ1n) is 13.3. The van der Waals surface area contributed by atoms with Gasteiger partial charge in [-0.3, -0.25) is 14.4 Å². The first-order chi connectivity index (χ1) is 17.2. The number of ketones is 1. The van der Waals surface area contributed by atoms with Gasteiger partial charge in [0.1, 0.15) is 0 Å². The van der Waals surface area contributed by atoms with E-state index in [1.165, 1.54) is 0 Å². The highest BCUT2D eigenvalue weighted by molar-refractivity contribution is 5.94. The minimum Gasteiger partial charge on any atom is -0.382 e. The number of carbonyl (C=O) groups is 3. The molecule has 0 bridgehead atoms. The Morgan fingerprint density at radius 3 is 1.76 bits per heavy atom. The molecule has 0 aliphatic carbocycles. The first-order valence-corrected chi connectivity index (χ1v) is 13.3. The van der Waals surface area contributed by atoms with Gasteiger partial charge in [0.25, 0.3) is 0 Å². The molecule has 0 aromatic carbocycles. The molecule has 0 aromatic rings. The second-order valence-electron chi connectivity index (χ2n) is 11.5. The fraction of sp³-hybridized carbons (Fsp3) is 0.889. The van der Waals surface area contributed by atoms with E-state index in [0.717, 1.165) is 0 Å². The minimum absolute atomic E-state index is 0.0348. The van der Waals surface area contributed by atoms with Crippen LogP contribution >= 0.6 is 0 Å². The number of carbonyl (C=O) groups excluding carboxylic acids is 3. The lowest BCUT2D eigenvalue weighted by Crippen LogP contribution is -2.57. The van der Waals surface area contributed by atoms with Crippen molar-refractivity contribution < 1.29 is 33.3 Å². The van der Waals surface area contributed by atoms with Crippen LogP contribution in [0.5, 0.6) is 0 Å². The van der Waals surface area contributed by atoms with Crippen molar-refractivity contribution in [3.63, 3.8) is 0 Å². The summed E-state index contributed by atoms with van der Waals surface area (Å²) in [5.74, 6) is -0.487. The van der Waals surface area contributed by atoms with E-state index in [0.29, 0.717) is 52.8 Å². The monoisotopic (exact) mass is 531 g/mol. The van der Waals surface area contributed by atoms with Crippen molar-refractivity contribution in [2.75, 3.05) is 59.9 Å². The van der Waals surface area contributed by atoms with Crippen molar-refractivity contribution >= 4 is 17.6 Å². The largest absolute Gasteiger partial charge is 0.382 e. The molecule has 0 aliphatic heterocycles. The normalized spacial score (nSPS) is 13.9. The van der Waals surface area contributed by atoms with Gasteiger partial charge in [-0.15, -0.1) is 0 Å². The summed E-state index contributed by atoms with van der Waals surface area (Å²) in [5, 5.41) is 9.04. The van der Waals surface area contributed by atoms with E-state index < -0.39 is 17.5 Å². The summed E-state index contributed by atoms with van der Waals surface area (Å²) in [7, 11) is 1.62. The maximum absolute atomic E-state index is 13.1. The molecule has 0 aromatic heterocycles. The van der Waals surface area contributed by atoms with Crippen LogP contribution in [-0.2, 0) is 33.3 Å². The summed E-state index contributed by atoms with van der Waals surface area (Å²) in [6.45, 7) is 19.0. The topological polar surface area (TPSA) is 124 Å². The Bertz CT molecular complexity index is 657. The van der Waals surface area contributed by atoms with Gasteiger partial charge in [-0.25, -0.2) is 0 Å². The Balaban J connectivity index is 4.49. The highest BCUT2D eigenvalue weighted by atomic mass is 16.6. The standard InChI is InChI=1S/C27H53N3O7/c1-20(2)23(30-27(6,7)8)25(33)29-21(24(32)26(3,4)5)10-11-22(31)28-12-13-35-16-17-37-19-18-36-15-14-34-9/h20-21,23,30H,10-19H2,1-9H3,(H,28,31)(H,29,33)/t21-,23-/m0/s1. The lowest BCUT2D eigenvalue weighted by Gasteiger charge is -2.32. The average Bonchev–Trinajstić information content (AvgIpc) is 2.78. The van der Waals surface area contributed by atoms with Crippen LogP contribution in [0.25, 0.3) is 0 Å². The maximum Gasteiger partial charge on any atom is 0.237 e. The molecular formula is C27H53N3O7. The van der Waals surface area contributed by atoms with E-state index in [4.69, 9.17) is 18.9 Å². The molecule has 0 fully saturated rings. The molecule has 0 saturated heterocycles. The van der Waals surface area contributed by atoms with Crippen LogP contribution in [0.15, 0.2) is 0 Å². The third-order valence-electron chi connectivity index (χ3n) is 5.31. The number of hydrogen-bond acceptors (Lipinski definition) is 8. The van der Waals surface area contributed by atoms with Gasteiger partial charge in [0.2, 0.25) is 11.8 Å². The van der Waals surface area contributed by atoms with E-state index in [2.05, 4.69) is 16.0 Å². The van der Waals surface area contributed by atoms with E-state index in [1.54, 1.807) is 7.11 Å². The number of rotatable bonds is 20. The molecule has 0 saturated carbocycles. The van der Waals surface area contributed by atoms with Crippen molar-refractivity contribution in [3.05, 3.63) is 0 Å². The SMILES string of the molecule is COCCOCCOCCOCCNC(=O)CC[C@H](NC(=O)[C@@H](NC(C)(C)C)C(C)C)C(=O)C(C)(C)C. The van der Waals surface area contributed by atoms with Crippen LogP contribution in [0.1, 0.15) is 68.2 Å². The third-order valence-corrected chi connectivity index (χ3v) is 5.31. The van der Waals surface area contributed by atoms with Gasteiger partial charge in [-0.2, -0.15) is 0 Å². The van der Waals surface area contributed by atoms with Gasteiger partial charge in [-0.1, -0.05) is 34.6 Å². The predicted octanol–water partition coefficient (Wildman–Crippen LogP) is 2.09. The van der Waals surface area contributed by atoms with Crippen molar-refractivity contribution in [1.82, 2.24) is 16.0 Å². The lowest BCUT2D eigenvalue weighted by molar-refractivity contribution is -0.134. The molecule has 10 nitrogen and oxygen atoms in total. The van der Waals surface area contributed by atoms with Crippen LogP contribution in [0, 0.1) is 11.3 Å². The summed E-state index contributed by atoms with van der Waals surface area (Å²) in [6, 6.07) is -1.19. The lowest BCUT2D eigenvalue weighted by atomic mass is 9.84. The van der Waals surface area contributed by atoms with E-state index in [-0.39, 0.29) is 41.9 Å². The Kier molecular flexibility index (Phi) is 17.8. The van der Waals surface area contributed by atoms with Gasteiger partial charge in [0.15, 0.2) is 5.78 Å². The number of Topliss-reactive ketones (excluding diaryl/α,β-unsaturated/α-hetero) is 1. The van der Waals surface area contributed by atoms with E-state index in [1.807, 2.05) is 55.4 Å². The molecule has 3 N–H and O–H groups in total. The second kappa shape index (κ2) is 18.6. The quantitative estimate of drug-likeness (QED) is 0.204. The maximum atomic E-state index is 13.1. The van der Waals surface area contributed by atoms with Crippen LogP contribution < -0.4 is 16.0 Å². The molecule has 0 unspecified atom stereocenters. The highest BCUT2D eigenvalue weighted by Crippen LogP contribution is 2.20. The zero-order valence-electron chi connectivity index (χ0n) is 24.7. The fourth-order valence-corrected chi connectivity index (χ4v) is 3.37. The smallest absolute Gasteiger partial charge is 0.237 e. The summed E-state index contributed by atoms with van der Waals surface area (Å²) >= 11 is 0. The fourth-order valence-electron chi connectivity index (χ4n) is 3.37. The molecule has 37 heavy (non-hydrogen) atoms. The highest BCUT2D eigenvalue weighted by Gasteiger charge is 2.34. The zero-order valence-corrected chi connectivity index (χ0v) is 24.7. The molecule has 0 radical (unpaired) electrons. The second-order valence-corrected chi connectivity index (χ2v) is 11.5. The molecule has 0 spiro atoms. The van der Waals surface area contributed by atoms with Crippen molar-refractivity contribution in [2.24, 2.45) is 11.3 Å². The van der Waals surface area contributed by atoms with Crippen molar-refractivity contribution in [2.45, 2.75) is 85.9 Å². The van der Waals surface area contributed by atoms with E-state index in [9.17, 15) is 14.4 Å². The van der Waals surface area contributed by atoms with Crippen molar-refractivity contribution in [1.29, 1.82) is 0 Å². The Morgan fingerprint density at radius 1 is 0.784 bits per heavy atom. The van der Waals surface area contributed by atoms with E-state index >= 15 is 0 Å². The van der Waals surface area contributed by atoms with Crippen LogP contribution in [0.2, 0.25) is 0 Å². The predicted molar refractivity (Wildman–Crippen MR) is 144 cm³/mol. The van der Waals surface area contributed by atoms with Crippen molar-refractivity contribution in [3.8, 4) is 0 Å². The van der Waals surface area contributed by atoms with Crippen LogP contribution in [0.4, 0.5) is 0 Å². The Hall–Kier alpha value is -1.59. The molecule has 218 valence electrons. The van der Waals surface area contributed by atoms with Gasteiger partial charge in [0.05, 0.1) is 58.3 Å². The average molecular weight is 532 g/mol. The summed E-state index contributed by atoms with van der Waals surface area (Å²) in [5.41, 5.74) is -0.909. The van der Waals surface area contributed by atoms with Crippen LogP contribution in [-0.4, -0.2) is 95.1 Å². The first kappa shape index (κ1) is 35.4. The number of amides is 2. The number of ether oxygens (including phenoxy) is 4. The minimum atomic E-state index is -0.742. The molecule has 10 heteroatoms. The van der Waals surface area contributed by atoms with Gasteiger partial charge in [0, 0.05) is 31.0 Å². The third kappa shape index (κ3) is 18.3. The molecule has 2 atom stereocenters. The molecule has 0 rings (SSSR count). The van der Waals surface area contributed by atoms with Gasteiger partial charge >= 0.3 is 0 Å². The number of methoxy groups -OCH3 is 1. The number of hydrogen-bond donors (Lipinski definition) is 3. The summed E-state index contributed by atoms with van der Waals surface area (Å²) < 4.78 is 21.0. The zero-order chi connectivity index (χ0) is 28.5. The van der Waals surface area contributed by atoms with Crippen LogP contribution in [0.3, 0.4) is 0 Å². The molecule has 0 heterocycles. The van der Waals surface area contributed by atoms with Gasteiger partial charge < -0.3 is 34.9 Å². The molecule has 2 amide bonds. The Labute approximate surface area is 224 Å². The molecular weight excluding hydrogens is 478 g/mol.